The smallest absolute Gasteiger partial charge is 0.211 e. The van der Waals surface area contributed by atoms with E-state index in [4.69, 9.17) is 4.74 Å². The summed E-state index contributed by atoms with van der Waals surface area (Å²) in [6.07, 6.45) is 1.56. The van der Waals surface area contributed by atoms with E-state index in [2.05, 4.69) is 4.72 Å². The number of ether oxygens (including phenoxy) is 1. The Bertz CT molecular complexity index is 527. The second-order valence-electron chi connectivity index (χ2n) is 5.50. The SMILES string of the molecule is CCCCS(=O)(=O)NCC(c1ccc(OCC)cc1)N(C)C. The highest BCUT2D eigenvalue weighted by atomic mass is 32.2. The van der Waals surface area contributed by atoms with Gasteiger partial charge in [0.1, 0.15) is 5.75 Å². The maximum Gasteiger partial charge on any atom is 0.211 e. The molecular weight excluding hydrogens is 300 g/mol. The van der Waals surface area contributed by atoms with Crippen LogP contribution in [-0.2, 0) is 10.0 Å². The van der Waals surface area contributed by atoms with Gasteiger partial charge in [-0.25, -0.2) is 13.1 Å². The van der Waals surface area contributed by atoms with Crippen molar-refractivity contribution in [1.82, 2.24) is 9.62 Å². The Balaban J connectivity index is 2.73. The molecule has 0 aliphatic carbocycles. The van der Waals surface area contributed by atoms with E-state index in [0.29, 0.717) is 19.6 Å². The molecular formula is C16H28N2O3S. The van der Waals surface area contributed by atoms with Gasteiger partial charge in [-0.3, -0.25) is 0 Å². The number of unbranched alkanes of at least 4 members (excludes halogenated alkanes) is 1. The summed E-state index contributed by atoms with van der Waals surface area (Å²) in [5.41, 5.74) is 1.06. The maximum atomic E-state index is 11.9. The maximum absolute atomic E-state index is 11.9. The summed E-state index contributed by atoms with van der Waals surface area (Å²) in [4.78, 5) is 2.01. The Labute approximate surface area is 134 Å². The first-order valence-corrected chi connectivity index (χ1v) is 9.41. The third-order valence-electron chi connectivity index (χ3n) is 3.46. The largest absolute Gasteiger partial charge is 0.494 e. The van der Waals surface area contributed by atoms with Gasteiger partial charge in [0.05, 0.1) is 12.4 Å². The first-order valence-electron chi connectivity index (χ1n) is 7.76. The van der Waals surface area contributed by atoms with Crippen LogP contribution in [-0.4, -0.2) is 46.3 Å². The van der Waals surface area contributed by atoms with E-state index in [1.807, 2.05) is 57.1 Å². The average molecular weight is 328 g/mol. The van der Waals surface area contributed by atoms with Crippen LogP contribution in [0.1, 0.15) is 38.3 Å². The van der Waals surface area contributed by atoms with Gasteiger partial charge in [-0.15, -0.1) is 0 Å². The van der Waals surface area contributed by atoms with Crippen LogP contribution in [0.25, 0.3) is 0 Å². The number of hydrogen-bond donors (Lipinski definition) is 1. The highest BCUT2D eigenvalue weighted by molar-refractivity contribution is 7.89. The average Bonchev–Trinajstić information content (AvgIpc) is 2.47. The van der Waals surface area contributed by atoms with Crippen LogP contribution in [0, 0.1) is 0 Å². The lowest BCUT2D eigenvalue weighted by Gasteiger charge is -2.25. The summed E-state index contributed by atoms with van der Waals surface area (Å²) in [5.74, 6) is 1.01. The molecule has 0 aliphatic heterocycles. The zero-order valence-corrected chi connectivity index (χ0v) is 14.8. The Kier molecular flexibility index (Phi) is 7.85. The molecule has 1 aromatic rings. The van der Waals surface area contributed by atoms with Crippen molar-refractivity contribution in [2.75, 3.05) is 33.0 Å². The summed E-state index contributed by atoms with van der Waals surface area (Å²) in [5, 5.41) is 0. The molecule has 0 amide bonds. The highest BCUT2D eigenvalue weighted by Gasteiger charge is 2.18. The van der Waals surface area contributed by atoms with Gasteiger partial charge in [-0.1, -0.05) is 25.5 Å². The summed E-state index contributed by atoms with van der Waals surface area (Å²) in [6.45, 7) is 4.93. The number of likely N-dealkylation sites (N-methyl/N-ethyl adjacent to an activating group) is 1. The molecule has 6 heteroatoms. The number of nitrogens with one attached hydrogen (secondary N) is 1. The second kappa shape index (κ2) is 9.12. The van der Waals surface area contributed by atoms with Crippen molar-refractivity contribution >= 4 is 10.0 Å². The van der Waals surface area contributed by atoms with Crippen molar-refractivity contribution in [2.24, 2.45) is 0 Å². The van der Waals surface area contributed by atoms with Crippen LogP contribution < -0.4 is 9.46 Å². The van der Waals surface area contributed by atoms with Crippen molar-refractivity contribution in [2.45, 2.75) is 32.7 Å². The van der Waals surface area contributed by atoms with Gasteiger partial charge in [0, 0.05) is 12.6 Å². The number of nitrogens with zero attached hydrogens (tertiary/aromatic N) is 1. The van der Waals surface area contributed by atoms with Crippen molar-refractivity contribution in [1.29, 1.82) is 0 Å². The Morgan fingerprint density at radius 3 is 2.32 bits per heavy atom. The molecule has 1 atom stereocenters. The molecule has 0 aromatic heterocycles. The number of sulfonamides is 1. The van der Waals surface area contributed by atoms with Crippen molar-refractivity contribution in [3.05, 3.63) is 29.8 Å². The number of hydrogen-bond acceptors (Lipinski definition) is 4. The van der Waals surface area contributed by atoms with Crippen LogP contribution in [0.4, 0.5) is 0 Å². The molecule has 0 heterocycles. The third-order valence-corrected chi connectivity index (χ3v) is 4.90. The summed E-state index contributed by atoms with van der Waals surface area (Å²) < 4.78 is 32.0. The molecule has 1 aromatic carbocycles. The van der Waals surface area contributed by atoms with Crippen molar-refractivity contribution in [3.8, 4) is 5.75 Å². The number of benzene rings is 1. The molecule has 126 valence electrons. The quantitative estimate of drug-likeness (QED) is 0.716. The fourth-order valence-corrected chi connectivity index (χ4v) is 3.39. The molecule has 1 unspecified atom stereocenters. The van der Waals surface area contributed by atoms with Gasteiger partial charge in [0.15, 0.2) is 0 Å². The topological polar surface area (TPSA) is 58.6 Å². The molecule has 0 saturated heterocycles. The molecule has 0 saturated carbocycles. The Morgan fingerprint density at radius 2 is 1.82 bits per heavy atom. The fraction of sp³-hybridized carbons (Fsp3) is 0.625. The minimum absolute atomic E-state index is 0.00734. The van der Waals surface area contributed by atoms with Crippen LogP contribution >= 0.6 is 0 Å². The monoisotopic (exact) mass is 328 g/mol. The van der Waals surface area contributed by atoms with E-state index in [9.17, 15) is 8.42 Å². The lowest BCUT2D eigenvalue weighted by molar-refractivity contribution is 0.298. The third kappa shape index (κ3) is 6.34. The molecule has 0 radical (unpaired) electrons. The summed E-state index contributed by atoms with van der Waals surface area (Å²) >= 11 is 0. The first kappa shape index (κ1) is 18.9. The van der Waals surface area contributed by atoms with E-state index in [1.54, 1.807) is 0 Å². The molecule has 0 bridgehead atoms. The molecule has 1 N–H and O–H groups in total. The molecule has 0 aliphatic rings. The fourth-order valence-electron chi connectivity index (χ4n) is 2.16. The first-order chi connectivity index (χ1) is 10.4. The Morgan fingerprint density at radius 1 is 1.18 bits per heavy atom. The zero-order valence-electron chi connectivity index (χ0n) is 14.0. The van der Waals surface area contributed by atoms with Crippen LogP contribution in [0.15, 0.2) is 24.3 Å². The molecule has 0 spiro atoms. The predicted molar refractivity (Wildman–Crippen MR) is 90.7 cm³/mol. The van der Waals surface area contributed by atoms with Crippen LogP contribution in [0.2, 0.25) is 0 Å². The van der Waals surface area contributed by atoms with Gasteiger partial charge in [-0.05, 0) is 45.1 Å². The highest BCUT2D eigenvalue weighted by Crippen LogP contribution is 2.21. The van der Waals surface area contributed by atoms with E-state index < -0.39 is 10.0 Å². The van der Waals surface area contributed by atoms with E-state index in [1.165, 1.54) is 0 Å². The van der Waals surface area contributed by atoms with E-state index >= 15 is 0 Å². The number of rotatable bonds is 10. The van der Waals surface area contributed by atoms with Crippen LogP contribution in [0.5, 0.6) is 5.75 Å². The minimum atomic E-state index is -3.20. The van der Waals surface area contributed by atoms with Crippen molar-refractivity contribution < 1.29 is 13.2 Å². The summed E-state index contributed by atoms with van der Waals surface area (Å²) in [7, 11) is 0.693. The normalized spacial score (nSPS) is 13.3. The summed E-state index contributed by atoms with van der Waals surface area (Å²) in [6, 6.07) is 7.79. The van der Waals surface area contributed by atoms with Gasteiger partial charge in [-0.2, -0.15) is 0 Å². The van der Waals surface area contributed by atoms with E-state index in [-0.39, 0.29) is 11.8 Å². The van der Waals surface area contributed by atoms with Crippen molar-refractivity contribution in [3.63, 3.8) is 0 Å². The predicted octanol–water partition coefficient (Wildman–Crippen LogP) is 2.41. The second-order valence-corrected chi connectivity index (χ2v) is 7.43. The molecule has 1 rings (SSSR count). The molecule has 0 fully saturated rings. The Hall–Kier alpha value is -1.11. The lowest BCUT2D eigenvalue weighted by atomic mass is 10.1. The zero-order chi connectivity index (χ0) is 16.6. The minimum Gasteiger partial charge on any atom is -0.494 e. The van der Waals surface area contributed by atoms with Gasteiger partial charge < -0.3 is 9.64 Å². The van der Waals surface area contributed by atoms with E-state index in [0.717, 1.165) is 17.7 Å². The van der Waals surface area contributed by atoms with Gasteiger partial charge in [0.25, 0.3) is 0 Å². The van der Waals surface area contributed by atoms with Gasteiger partial charge in [0.2, 0.25) is 10.0 Å². The van der Waals surface area contributed by atoms with Crippen LogP contribution in [0.3, 0.4) is 0 Å². The molecule has 5 nitrogen and oxygen atoms in total. The standard InChI is InChI=1S/C16H28N2O3S/c1-5-7-12-22(19,20)17-13-16(18(3)4)14-8-10-15(11-9-14)21-6-2/h8-11,16-17H,5-7,12-13H2,1-4H3. The van der Waals surface area contributed by atoms with Gasteiger partial charge >= 0.3 is 0 Å². The molecule has 22 heavy (non-hydrogen) atoms. The lowest BCUT2D eigenvalue weighted by Crippen LogP contribution is -2.35.